The molecule has 2 aliphatic rings. The summed E-state index contributed by atoms with van der Waals surface area (Å²) >= 11 is 11.5. The van der Waals surface area contributed by atoms with Crippen LogP contribution in [0.25, 0.3) is 0 Å². The van der Waals surface area contributed by atoms with Gasteiger partial charge >= 0.3 is 0 Å². The van der Waals surface area contributed by atoms with Gasteiger partial charge in [-0.3, -0.25) is 0 Å². The van der Waals surface area contributed by atoms with E-state index in [0.29, 0.717) is 11.0 Å². The Morgan fingerprint density at radius 1 is 1.20 bits per heavy atom. The number of halogens is 1. The zero-order chi connectivity index (χ0) is 14.1. The van der Waals surface area contributed by atoms with Crippen molar-refractivity contribution < 1.29 is 0 Å². The summed E-state index contributed by atoms with van der Waals surface area (Å²) in [5.41, 5.74) is 7.68. The largest absolute Gasteiger partial charge is 0.389 e. The molecule has 3 rings (SSSR count). The summed E-state index contributed by atoms with van der Waals surface area (Å²) in [7, 11) is 0. The highest BCUT2D eigenvalue weighted by Crippen LogP contribution is 2.40. The smallest absolute Gasteiger partial charge is 0.104 e. The van der Waals surface area contributed by atoms with Crippen LogP contribution in [-0.2, 0) is 0 Å². The van der Waals surface area contributed by atoms with Gasteiger partial charge in [-0.15, -0.1) is 0 Å². The molecule has 20 heavy (non-hydrogen) atoms. The molecule has 108 valence electrons. The van der Waals surface area contributed by atoms with Gasteiger partial charge in [-0.25, -0.2) is 0 Å². The minimum Gasteiger partial charge on any atom is -0.389 e. The Morgan fingerprint density at radius 3 is 2.60 bits per heavy atom. The molecule has 4 heteroatoms. The highest BCUT2D eigenvalue weighted by atomic mass is 35.5. The summed E-state index contributed by atoms with van der Waals surface area (Å²) in [5, 5.41) is 0.778. The quantitative estimate of drug-likeness (QED) is 0.851. The normalized spacial score (nSPS) is 23.4. The van der Waals surface area contributed by atoms with Crippen LogP contribution in [0.1, 0.15) is 44.1 Å². The average Bonchev–Trinajstić information content (AvgIpc) is 3.09. The lowest BCUT2D eigenvalue weighted by molar-refractivity contribution is 0.431. The van der Waals surface area contributed by atoms with Gasteiger partial charge < -0.3 is 10.6 Å². The van der Waals surface area contributed by atoms with E-state index in [1.807, 2.05) is 12.1 Å². The monoisotopic (exact) mass is 308 g/mol. The van der Waals surface area contributed by atoms with Crippen LogP contribution in [0.2, 0.25) is 5.02 Å². The van der Waals surface area contributed by atoms with Gasteiger partial charge in [0.2, 0.25) is 0 Å². The molecule has 1 aliphatic heterocycles. The van der Waals surface area contributed by atoms with Crippen LogP contribution in [0.5, 0.6) is 0 Å². The lowest BCUT2D eigenvalue weighted by atomic mass is 9.95. The molecule has 1 atom stereocenters. The molecule has 1 heterocycles. The second kappa shape index (κ2) is 5.90. The number of benzene rings is 1. The third kappa shape index (κ3) is 2.66. The molecule has 1 unspecified atom stereocenters. The van der Waals surface area contributed by atoms with Crippen molar-refractivity contribution in [3.05, 3.63) is 28.8 Å². The number of rotatable bonds is 3. The Labute approximate surface area is 131 Å². The number of nitrogens with zero attached hydrogens (tertiary/aromatic N) is 1. The van der Waals surface area contributed by atoms with E-state index >= 15 is 0 Å². The van der Waals surface area contributed by atoms with Crippen molar-refractivity contribution >= 4 is 34.5 Å². The van der Waals surface area contributed by atoms with Crippen molar-refractivity contribution in [2.45, 2.75) is 44.6 Å². The second-order valence-corrected chi connectivity index (χ2v) is 6.82. The Bertz CT molecular complexity index is 511. The van der Waals surface area contributed by atoms with Gasteiger partial charge in [-0.1, -0.05) is 36.7 Å². The van der Waals surface area contributed by atoms with Crippen LogP contribution in [0.4, 0.5) is 5.69 Å². The molecule has 1 aromatic rings. The molecule has 1 aliphatic carbocycles. The fourth-order valence-corrected chi connectivity index (χ4v) is 4.23. The first kappa shape index (κ1) is 14.2. The number of hydrogen-bond acceptors (Lipinski definition) is 2. The van der Waals surface area contributed by atoms with E-state index < -0.39 is 0 Å². The fraction of sp³-hybridized carbons (Fsp3) is 0.562. The van der Waals surface area contributed by atoms with Crippen LogP contribution in [0.3, 0.4) is 0 Å². The molecule has 1 saturated heterocycles. The number of thiocarbonyl (C=S) groups is 1. The third-order valence-electron chi connectivity index (χ3n) is 4.78. The van der Waals surface area contributed by atoms with Crippen LogP contribution in [-0.4, -0.2) is 17.6 Å². The molecule has 2 nitrogen and oxygen atoms in total. The number of anilines is 1. The molecule has 0 amide bonds. The van der Waals surface area contributed by atoms with E-state index in [-0.39, 0.29) is 0 Å². The van der Waals surface area contributed by atoms with E-state index in [1.165, 1.54) is 38.5 Å². The van der Waals surface area contributed by atoms with E-state index in [9.17, 15) is 0 Å². The second-order valence-electron chi connectivity index (χ2n) is 5.98. The van der Waals surface area contributed by atoms with E-state index in [0.717, 1.165) is 28.7 Å². The SMILES string of the molecule is NC(=S)c1ccc(N2CCCC2C2CCCC2)c(Cl)c1. The zero-order valence-electron chi connectivity index (χ0n) is 11.6. The van der Waals surface area contributed by atoms with Crippen molar-refractivity contribution in [3.63, 3.8) is 0 Å². The maximum Gasteiger partial charge on any atom is 0.104 e. The summed E-state index contributed by atoms with van der Waals surface area (Å²) in [6.07, 6.45) is 8.12. The fourth-order valence-electron chi connectivity index (χ4n) is 3.82. The topological polar surface area (TPSA) is 29.3 Å². The van der Waals surface area contributed by atoms with Crippen LogP contribution in [0, 0.1) is 5.92 Å². The standard InChI is InChI=1S/C16H21ClN2S/c17-13-10-12(16(18)20)7-8-15(13)19-9-3-6-14(19)11-4-1-2-5-11/h7-8,10-11,14H,1-6,9H2,(H2,18,20). The average molecular weight is 309 g/mol. The first-order valence-corrected chi connectivity index (χ1v) is 8.31. The first-order valence-electron chi connectivity index (χ1n) is 7.53. The highest BCUT2D eigenvalue weighted by molar-refractivity contribution is 7.80. The van der Waals surface area contributed by atoms with Gasteiger partial charge in [-0.2, -0.15) is 0 Å². The van der Waals surface area contributed by atoms with Crippen LogP contribution in [0.15, 0.2) is 18.2 Å². The van der Waals surface area contributed by atoms with Gasteiger partial charge in [-0.05, 0) is 49.8 Å². The van der Waals surface area contributed by atoms with Crippen molar-refractivity contribution in [2.24, 2.45) is 11.7 Å². The summed E-state index contributed by atoms with van der Waals surface area (Å²) in [6.45, 7) is 1.12. The minimum absolute atomic E-state index is 0.409. The third-order valence-corrected chi connectivity index (χ3v) is 5.32. The van der Waals surface area contributed by atoms with E-state index in [4.69, 9.17) is 29.6 Å². The van der Waals surface area contributed by atoms with Crippen molar-refractivity contribution in [1.29, 1.82) is 0 Å². The van der Waals surface area contributed by atoms with Crippen LogP contribution >= 0.6 is 23.8 Å². The summed E-state index contributed by atoms with van der Waals surface area (Å²) in [6, 6.07) is 6.66. The zero-order valence-corrected chi connectivity index (χ0v) is 13.2. The summed E-state index contributed by atoms with van der Waals surface area (Å²) < 4.78 is 0. The molecule has 0 aromatic heterocycles. The maximum absolute atomic E-state index is 6.47. The molecule has 1 aromatic carbocycles. The van der Waals surface area contributed by atoms with Crippen molar-refractivity contribution in [1.82, 2.24) is 0 Å². The van der Waals surface area contributed by atoms with Crippen molar-refractivity contribution in [3.8, 4) is 0 Å². The Morgan fingerprint density at radius 2 is 1.95 bits per heavy atom. The minimum atomic E-state index is 0.409. The lowest BCUT2D eigenvalue weighted by Crippen LogP contribution is -2.34. The number of nitrogens with two attached hydrogens (primary N) is 1. The molecule has 2 fully saturated rings. The van der Waals surface area contributed by atoms with Gasteiger partial charge in [0.25, 0.3) is 0 Å². The van der Waals surface area contributed by atoms with Gasteiger partial charge in [0.15, 0.2) is 0 Å². The maximum atomic E-state index is 6.47. The molecular weight excluding hydrogens is 288 g/mol. The molecule has 0 radical (unpaired) electrons. The summed E-state index contributed by atoms with van der Waals surface area (Å²) in [4.78, 5) is 2.92. The van der Waals surface area contributed by atoms with E-state index in [2.05, 4.69) is 11.0 Å². The van der Waals surface area contributed by atoms with Gasteiger partial charge in [0.1, 0.15) is 4.99 Å². The molecule has 2 N–H and O–H groups in total. The predicted octanol–water partition coefficient (Wildman–Crippen LogP) is 4.13. The van der Waals surface area contributed by atoms with Gasteiger partial charge in [0, 0.05) is 18.2 Å². The lowest BCUT2D eigenvalue weighted by Gasteiger charge is -2.32. The molecule has 0 spiro atoms. The Hall–Kier alpha value is -0.800. The molecule has 1 saturated carbocycles. The summed E-state index contributed by atoms with van der Waals surface area (Å²) in [5.74, 6) is 0.851. The van der Waals surface area contributed by atoms with Gasteiger partial charge in [0.05, 0.1) is 10.7 Å². The predicted molar refractivity (Wildman–Crippen MR) is 89.7 cm³/mol. The molecular formula is C16H21ClN2S. The van der Waals surface area contributed by atoms with Crippen molar-refractivity contribution in [2.75, 3.05) is 11.4 Å². The van der Waals surface area contributed by atoms with E-state index in [1.54, 1.807) is 0 Å². The Balaban J connectivity index is 1.85. The first-order chi connectivity index (χ1) is 9.66. The number of hydrogen-bond donors (Lipinski definition) is 1. The van der Waals surface area contributed by atoms with Crippen LogP contribution < -0.4 is 10.6 Å². The highest BCUT2D eigenvalue weighted by Gasteiger charge is 2.34. The Kier molecular flexibility index (Phi) is 4.18. The molecule has 0 bridgehead atoms.